The van der Waals surface area contributed by atoms with Gasteiger partial charge in [-0.15, -0.1) is 0 Å². The van der Waals surface area contributed by atoms with E-state index in [-0.39, 0.29) is 24.9 Å². The van der Waals surface area contributed by atoms with Crippen molar-refractivity contribution >= 4 is 18.0 Å². The van der Waals surface area contributed by atoms with Gasteiger partial charge in [0.2, 0.25) is 5.91 Å². The van der Waals surface area contributed by atoms with Gasteiger partial charge in [-0.25, -0.2) is 9.69 Å². The highest BCUT2D eigenvalue weighted by molar-refractivity contribution is 5.95. The topological polar surface area (TPSA) is 119 Å². The second kappa shape index (κ2) is 12.1. The summed E-state index contributed by atoms with van der Waals surface area (Å²) in [5.74, 6) is -1.04. The Kier molecular flexibility index (Phi) is 11.4. The van der Waals surface area contributed by atoms with E-state index in [2.05, 4.69) is 0 Å². The van der Waals surface area contributed by atoms with Crippen molar-refractivity contribution in [1.82, 2.24) is 4.90 Å². The Balaban J connectivity index is 5.95. The first-order valence-electron chi connectivity index (χ1n) is 10.3. The molecule has 0 saturated heterocycles. The summed E-state index contributed by atoms with van der Waals surface area (Å²) < 4.78 is 10.3. The van der Waals surface area contributed by atoms with Crippen molar-refractivity contribution in [2.45, 2.75) is 98.4 Å². The monoisotopic (exact) mass is 416 g/mol. The number of rotatable bonds is 10. The quantitative estimate of drug-likeness (QED) is 0.526. The number of nitrogens with two attached hydrogens (primary N) is 1. The SMILES string of the molecule is CCOC(=O)C[C@H](O)[C@H](CC(C)C)N(C(=O)OC(C)(C)C)C(=O)[C@@H](N)CC(C)C. The van der Waals surface area contributed by atoms with Crippen molar-refractivity contribution in [2.75, 3.05) is 6.61 Å². The van der Waals surface area contributed by atoms with Crippen LogP contribution >= 0.6 is 0 Å². The molecule has 0 aromatic heterocycles. The van der Waals surface area contributed by atoms with Crippen LogP contribution in [0.1, 0.15) is 74.7 Å². The van der Waals surface area contributed by atoms with Crippen LogP contribution in [0, 0.1) is 11.8 Å². The molecule has 0 saturated carbocycles. The molecule has 0 radical (unpaired) electrons. The molecule has 29 heavy (non-hydrogen) atoms. The van der Waals surface area contributed by atoms with Gasteiger partial charge in [-0.3, -0.25) is 9.59 Å². The summed E-state index contributed by atoms with van der Waals surface area (Å²) in [5.41, 5.74) is 5.23. The number of esters is 1. The van der Waals surface area contributed by atoms with Crippen LogP contribution in [-0.2, 0) is 19.1 Å². The van der Waals surface area contributed by atoms with E-state index in [1.807, 2.05) is 27.7 Å². The normalized spacial score (nSPS) is 15.0. The molecule has 0 aliphatic carbocycles. The average molecular weight is 417 g/mol. The van der Waals surface area contributed by atoms with Crippen LogP contribution in [0.25, 0.3) is 0 Å². The van der Waals surface area contributed by atoms with E-state index in [1.54, 1.807) is 27.7 Å². The predicted octanol–water partition coefficient (Wildman–Crippen LogP) is 2.85. The molecule has 0 fully saturated rings. The van der Waals surface area contributed by atoms with Crippen molar-refractivity contribution < 1.29 is 29.0 Å². The minimum absolute atomic E-state index is 0.0379. The average Bonchev–Trinajstić information content (AvgIpc) is 2.51. The Morgan fingerprint density at radius 3 is 1.97 bits per heavy atom. The second-order valence-corrected chi connectivity index (χ2v) is 9.20. The first-order valence-corrected chi connectivity index (χ1v) is 10.3. The van der Waals surface area contributed by atoms with Crippen LogP contribution in [0.3, 0.4) is 0 Å². The summed E-state index contributed by atoms with van der Waals surface area (Å²) in [6.07, 6.45) is -1.84. The molecule has 0 aliphatic rings. The summed E-state index contributed by atoms with van der Waals surface area (Å²) in [6, 6.07) is -1.88. The lowest BCUT2D eigenvalue weighted by atomic mass is 9.94. The van der Waals surface area contributed by atoms with Gasteiger partial charge >= 0.3 is 12.1 Å². The second-order valence-electron chi connectivity index (χ2n) is 9.20. The third kappa shape index (κ3) is 10.6. The number of amides is 2. The molecule has 170 valence electrons. The van der Waals surface area contributed by atoms with Gasteiger partial charge in [-0.1, -0.05) is 27.7 Å². The van der Waals surface area contributed by atoms with Gasteiger partial charge in [0, 0.05) is 0 Å². The summed E-state index contributed by atoms with van der Waals surface area (Å²) in [4.78, 5) is 38.8. The molecule has 8 nitrogen and oxygen atoms in total. The van der Waals surface area contributed by atoms with Crippen LogP contribution in [-0.4, -0.2) is 58.4 Å². The van der Waals surface area contributed by atoms with E-state index in [1.165, 1.54) is 0 Å². The Morgan fingerprint density at radius 1 is 1.03 bits per heavy atom. The van der Waals surface area contributed by atoms with Crippen LogP contribution in [0.15, 0.2) is 0 Å². The molecule has 0 aromatic rings. The molecular formula is C21H40N2O6. The van der Waals surface area contributed by atoms with Gasteiger partial charge in [0.15, 0.2) is 0 Å². The van der Waals surface area contributed by atoms with Crippen LogP contribution in [0.2, 0.25) is 0 Å². The number of imide groups is 1. The van der Waals surface area contributed by atoms with Crippen LogP contribution < -0.4 is 5.73 Å². The molecule has 8 heteroatoms. The molecule has 3 atom stereocenters. The summed E-state index contributed by atoms with van der Waals surface area (Å²) >= 11 is 0. The lowest BCUT2D eigenvalue weighted by Crippen LogP contribution is -2.57. The van der Waals surface area contributed by atoms with E-state index in [4.69, 9.17) is 15.2 Å². The molecule has 0 unspecified atom stereocenters. The van der Waals surface area contributed by atoms with Crippen molar-refractivity contribution in [3.8, 4) is 0 Å². The maximum atomic E-state index is 13.1. The number of carbonyl (C=O) groups is 3. The maximum absolute atomic E-state index is 13.1. The van der Waals surface area contributed by atoms with Crippen LogP contribution in [0.5, 0.6) is 0 Å². The van der Waals surface area contributed by atoms with Gasteiger partial charge in [0.05, 0.1) is 31.2 Å². The van der Waals surface area contributed by atoms with Gasteiger partial charge in [0.1, 0.15) is 5.60 Å². The van der Waals surface area contributed by atoms with E-state index in [0.717, 1.165) is 4.90 Å². The predicted molar refractivity (Wildman–Crippen MR) is 111 cm³/mol. The summed E-state index contributed by atoms with van der Waals surface area (Å²) in [7, 11) is 0. The minimum atomic E-state index is -1.29. The molecule has 0 spiro atoms. The fourth-order valence-electron chi connectivity index (χ4n) is 2.93. The van der Waals surface area contributed by atoms with Crippen molar-refractivity contribution in [3.05, 3.63) is 0 Å². The Bertz CT molecular complexity index is 542. The van der Waals surface area contributed by atoms with E-state index < -0.39 is 41.8 Å². The van der Waals surface area contributed by atoms with Crippen molar-refractivity contribution in [2.24, 2.45) is 17.6 Å². The van der Waals surface area contributed by atoms with Gasteiger partial charge in [-0.2, -0.15) is 0 Å². The van der Waals surface area contributed by atoms with Crippen molar-refractivity contribution in [1.29, 1.82) is 0 Å². The van der Waals surface area contributed by atoms with E-state index >= 15 is 0 Å². The Hall–Kier alpha value is -1.67. The first kappa shape index (κ1) is 27.3. The molecular weight excluding hydrogens is 376 g/mol. The molecule has 0 aliphatic heterocycles. The van der Waals surface area contributed by atoms with Gasteiger partial charge in [-0.05, 0) is 52.4 Å². The lowest BCUT2D eigenvalue weighted by Gasteiger charge is -2.36. The van der Waals surface area contributed by atoms with E-state index in [9.17, 15) is 19.5 Å². The zero-order valence-corrected chi connectivity index (χ0v) is 19.2. The molecule has 2 amide bonds. The van der Waals surface area contributed by atoms with Crippen LogP contribution in [0.4, 0.5) is 4.79 Å². The van der Waals surface area contributed by atoms with E-state index in [0.29, 0.717) is 12.8 Å². The van der Waals surface area contributed by atoms with Gasteiger partial charge < -0.3 is 20.3 Å². The number of ether oxygens (including phenoxy) is 2. The fraction of sp³-hybridized carbons (Fsp3) is 0.857. The maximum Gasteiger partial charge on any atom is 0.417 e. The summed E-state index contributed by atoms with van der Waals surface area (Å²) in [6.45, 7) is 14.5. The number of hydrogen-bond acceptors (Lipinski definition) is 7. The lowest BCUT2D eigenvalue weighted by molar-refractivity contribution is -0.149. The number of carbonyl (C=O) groups excluding carboxylic acids is 3. The summed E-state index contributed by atoms with van der Waals surface area (Å²) in [5, 5.41) is 10.7. The zero-order chi connectivity index (χ0) is 22.9. The number of nitrogens with zero attached hydrogens (tertiary/aromatic N) is 1. The fourth-order valence-corrected chi connectivity index (χ4v) is 2.93. The number of hydrogen-bond donors (Lipinski definition) is 2. The smallest absolute Gasteiger partial charge is 0.417 e. The zero-order valence-electron chi connectivity index (χ0n) is 19.2. The van der Waals surface area contributed by atoms with Crippen molar-refractivity contribution in [3.63, 3.8) is 0 Å². The highest BCUT2D eigenvalue weighted by atomic mass is 16.6. The minimum Gasteiger partial charge on any atom is -0.466 e. The van der Waals surface area contributed by atoms with Gasteiger partial charge in [0.25, 0.3) is 0 Å². The third-order valence-electron chi connectivity index (χ3n) is 4.04. The number of aliphatic hydroxyl groups excluding tert-OH is 1. The molecule has 0 aromatic carbocycles. The Morgan fingerprint density at radius 2 is 1.55 bits per heavy atom. The first-order chi connectivity index (χ1) is 13.2. The standard InChI is InChI=1S/C21H40N2O6/c1-9-28-18(25)12-17(24)16(11-14(4)5)23(20(27)29-21(6,7)8)19(26)15(22)10-13(2)3/h13-17,24H,9-12,22H2,1-8H3/t15-,16-,17-/m0/s1. The number of aliphatic hydroxyl groups is 1. The highest BCUT2D eigenvalue weighted by Crippen LogP contribution is 2.23. The largest absolute Gasteiger partial charge is 0.466 e. The molecule has 0 rings (SSSR count). The molecule has 0 bridgehead atoms. The Labute approximate surface area is 175 Å². The molecule has 3 N–H and O–H groups in total. The third-order valence-corrected chi connectivity index (χ3v) is 4.04. The molecule has 0 heterocycles. The highest BCUT2D eigenvalue weighted by Gasteiger charge is 2.40.